The molecule has 0 bridgehead atoms. The van der Waals surface area contributed by atoms with Gasteiger partial charge in [-0.25, -0.2) is 0 Å². The molecule has 0 saturated heterocycles. The first-order chi connectivity index (χ1) is 8.55. The van der Waals surface area contributed by atoms with Crippen LogP contribution in [0.3, 0.4) is 0 Å². The van der Waals surface area contributed by atoms with Crippen LogP contribution in [0.5, 0.6) is 0 Å². The van der Waals surface area contributed by atoms with Gasteiger partial charge in [-0.2, -0.15) is 0 Å². The van der Waals surface area contributed by atoms with E-state index in [4.69, 9.17) is 5.11 Å². The van der Waals surface area contributed by atoms with Crippen LogP contribution in [0.25, 0.3) is 0 Å². The van der Waals surface area contributed by atoms with E-state index in [2.05, 4.69) is 5.32 Å². The minimum absolute atomic E-state index is 0.00707. The summed E-state index contributed by atoms with van der Waals surface area (Å²) < 4.78 is 0. The van der Waals surface area contributed by atoms with Crippen molar-refractivity contribution in [3.63, 3.8) is 0 Å². The van der Waals surface area contributed by atoms with Gasteiger partial charge in [0.05, 0.1) is 6.42 Å². The number of rotatable bonds is 5. The first kappa shape index (κ1) is 12.6. The van der Waals surface area contributed by atoms with Crippen molar-refractivity contribution < 1.29 is 14.7 Å². The fourth-order valence-corrected chi connectivity index (χ4v) is 2.04. The molecule has 1 aliphatic rings. The van der Waals surface area contributed by atoms with Crippen LogP contribution in [0, 0.1) is 5.41 Å². The summed E-state index contributed by atoms with van der Waals surface area (Å²) in [5.74, 6) is -0.773. The lowest BCUT2D eigenvalue weighted by atomic mass is 10.0. The van der Waals surface area contributed by atoms with Crippen LogP contribution in [-0.2, 0) is 16.0 Å². The summed E-state index contributed by atoms with van der Waals surface area (Å²) in [7, 11) is 0. The smallest absolute Gasteiger partial charge is 0.307 e. The zero-order chi connectivity index (χ0) is 13.2. The highest BCUT2D eigenvalue weighted by atomic mass is 16.4. The summed E-state index contributed by atoms with van der Waals surface area (Å²) in [5, 5.41) is 11.5. The van der Waals surface area contributed by atoms with Crippen LogP contribution in [0.4, 0.5) is 5.69 Å². The monoisotopic (exact) mass is 247 g/mol. The van der Waals surface area contributed by atoms with E-state index in [1.165, 1.54) is 0 Å². The number of anilines is 1. The molecule has 1 amide bonds. The highest BCUT2D eigenvalue weighted by Gasteiger charge is 2.47. The highest BCUT2D eigenvalue weighted by molar-refractivity contribution is 5.97. The van der Waals surface area contributed by atoms with E-state index < -0.39 is 5.97 Å². The number of nitrogens with one attached hydrogen (secondary N) is 1. The maximum absolute atomic E-state index is 12.0. The second kappa shape index (κ2) is 4.80. The van der Waals surface area contributed by atoms with Gasteiger partial charge in [0, 0.05) is 11.1 Å². The molecule has 96 valence electrons. The third-order valence-electron chi connectivity index (χ3n) is 3.58. The molecular formula is C14H17NO3. The molecule has 0 atom stereocenters. The first-order valence-corrected chi connectivity index (χ1v) is 6.18. The van der Waals surface area contributed by atoms with Gasteiger partial charge < -0.3 is 10.4 Å². The highest BCUT2D eigenvalue weighted by Crippen LogP contribution is 2.49. The molecule has 0 aromatic heterocycles. The minimum atomic E-state index is -0.852. The molecule has 0 radical (unpaired) electrons. The summed E-state index contributed by atoms with van der Waals surface area (Å²) >= 11 is 0. The largest absolute Gasteiger partial charge is 0.481 e. The molecule has 0 aliphatic heterocycles. The number of carboxylic acid groups (broad SMARTS) is 1. The Morgan fingerprint density at radius 1 is 1.28 bits per heavy atom. The average molecular weight is 247 g/mol. The van der Waals surface area contributed by atoms with Gasteiger partial charge in [0.25, 0.3) is 0 Å². The maximum Gasteiger partial charge on any atom is 0.307 e. The Bertz CT molecular complexity index is 460. The quantitative estimate of drug-likeness (QED) is 0.839. The van der Waals surface area contributed by atoms with Crippen molar-refractivity contribution in [3.05, 3.63) is 29.8 Å². The molecule has 1 fully saturated rings. The van der Waals surface area contributed by atoms with Gasteiger partial charge in [0.1, 0.15) is 0 Å². The van der Waals surface area contributed by atoms with Crippen molar-refractivity contribution in [2.75, 3.05) is 5.32 Å². The van der Waals surface area contributed by atoms with Crippen molar-refractivity contribution in [2.24, 2.45) is 5.41 Å². The van der Waals surface area contributed by atoms with Crippen molar-refractivity contribution in [3.8, 4) is 0 Å². The van der Waals surface area contributed by atoms with Crippen molar-refractivity contribution in [2.45, 2.75) is 32.6 Å². The van der Waals surface area contributed by atoms with Crippen LogP contribution in [0.1, 0.15) is 31.7 Å². The van der Waals surface area contributed by atoms with E-state index in [-0.39, 0.29) is 17.7 Å². The number of carbonyl (C=O) groups is 2. The van der Waals surface area contributed by atoms with Gasteiger partial charge in [-0.05, 0) is 37.0 Å². The van der Waals surface area contributed by atoms with E-state index in [9.17, 15) is 9.59 Å². The van der Waals surface area contributed by atoms with E-state index >= 15 is 0 Å². The molecule has 1 aliphatic carbocycles. The van der Waals surface area contributed by atoms with E-state index in [0.717, 1.165) is 30.5 Å². The standard InChI is InChI=1S/C14H17NO3/c1-2-14(7-8-14)13(18)15-11-5-3-10(4-6-11)9-12(16)17/h3-6H,2,7-9H2,1H3,(H,15,18)(H,16,17). The summed E-state index contributed by atoms with van der Waals surface area (Å²) in [6, 6.07) is 6.97. The second-order valence-electron chi connectivity index (χ2n) is 4.86. The van der Waals surface area contributed by atoms with Crippen LogP contribution >= 0.6 is 0 Å². The predicted molar refractivity (Wildman–Crippen MR) is 68.4 cm³/mol. The lowest BCUT2D eigenvalue weighted by molar-refractivity contribution is -0.136. The lowest BCUT2D eigenvalue weighted by Crippen LogP contribution is -2.23. The molecule has 0 heterocycles. The molecule has 18 heavy (non-hydrogen) atoms. The van der Waals surface area contributed by atoms with Gasteiger partial charge >= 0.3 is 5.97 Å². The van der Waals surface area contributed by atoms with Crippen LogP contribution in [-0.4, -0.2) is 17.0 Å². The van der Waals surface area contributed by atoms with E-state index in [0.29, 0.717) is 0 Å². The zero-order valence-corrected chi connectivity index (χ0v) is 10.4. The van der Waals surface area contributed by atoms with Gasteiger partial charge in [-0.3, -0.25) is 9.59 Å². The van der Waals surface area contributed by atoms with Crippen molar-refractivity contribution >= 4 is 17.6 Å². The predicted octanol–water partition coefficient (Wildman–Crippen LogP) is 2.44. The van der Waals surface area contributed by atoms with Crippen LogP contribution in [0.15, 0.2) is 24.3 Å². The van der Waals surface area contributed by atoms with Gasteiger partial charge in [0.2, 0.25) is 5.91 Å². The van der Waals surface area contributed by atoms with Crippen molar-refractivity contribution in [1.29, 1.82) is 0 Å². The number of hydrogen-bond acceptors (Lipinski definition) is 2. The second-order valence-corrected chi connectivity index (χ2v) is 4.86. The molecule has 4 heteroatoms. The molecule has 2 rings (SSSR count). The number of carboxylic acids is 1. The Morgan fingerprint density at radius 3 is 2.33 bits per heavy atom. The molecular weight excluding hydrogens is 230 g/mol. The molecule has 1 aromatic carbocycles. The Balaban J connectivity index is 1.98. The number of hydrogen-bond donors (Lipinski definition) is 2. The number of carbonyl (C=O) groups excluding carboxylic acids is 1. The molecule has 4 nitrogen and oxygen atoms in total. The Morgan fingerprint density at radius 2 is 1.89 bits per heavy atom. The molecule has 0 spiro atoms. The van der Waals surface area contributed by atoms with E-state index in [1.54, 1.807) is 24.3 Å². The minimum Gasteiger partial charge on any atom is -0.481 e. The summed E-state index contributed by atoms with van der Waals surface area (Å²) in [5.41, 5.74) is 1.31. The van der Waals surface area contributed by atoms with Crippen LogP contribution < -0.4 is 5.32 Å². The van der Waals surface area contributed by atoms with E-state index in [1.807, 2.05) is 6.92 Å². The SMILES string of the molecule is CCC1(C(=O)Nc2ccc(CC(=O)O)cc2)CC1. The molecule has 1 aromatic rings. The fourth-order valence-electron chi connectivity index (χ4n) is 2.04. The fraction of sp³-hybridized carbons (Fsp3) is 0.429. The number of amides is 1. The van der Waals surface area contributed by atoms with Crippen molar-refractivity contribution in [1.82, 2.24) is 0 Å². The zero-order valence-electron chi connectivity index (χ0n) is 10.4. The molecule has 2 N–H and O–H groups in total. The normalized spacial score (nSPS) is 16.1. The molecule has 0 unspecified atom stereocenters. The Hall–Kier alpha value is -1.84. The maximum atomic E-state index is 12.0. The Labute approximate surface area is 106 Å². The first-order valence-electron chi connectivity index (χ1n) is 6.18. The van der Waals surface area contributed by atoms with Gasteiger partial charge in [-0.15, -0.1) is 0 Å². The lowest BCUT2D eigenvalue weighted by Gasteiger charge is -2.13. The average Bonchev–Trinajstić information content (AvgIpc) is 3.12. The molecule has 1 saturated carbocycles. The van der Waals surface area contributed by atoms with Crippen LogP contribution in [0.2, 0.25) is 0 Å². The number of benzene rings is 1. The summed E-state index contributed by atoms with van der Waals surface area (Å²) in [4.78, 5) is 22.5. The topological polar surface area (TPSA) is 66.4 Å². The van der Waals surface area contributed by atoms with Gasteiger partial charge in [-0.1, -0.05) is 19.1 Å². The summed E-state index contributed by atoms with van der Waals surface area (Å²) in [6.45, 7) is 2.03. The summed E-state index contributed by atoms with van der Waals surface area (Å²) in [6.07, 6.45) is 2.81. The third kappa shape index (κ3) is 2.70. The third-order valence-corrected chi connectivity index (χ3v) is 3.58. The van der Waals surface area contributed by atoms with Gasteiger partial charge in [0.15, 0.2) is 0 Å². The Kier molecular flexibility index (Phi) is 3.36. The number of aliphatic carboxylic acids is 1.